The van der Waals surface area contributed by atoms with E-state index in [1.54, 1.807) is 6.07 Å². The van der Waals surface area contributed by atoms with Crippen molar-refractivity contribution in [2.24, 2.45) is 0 Å². The number of aromatic nitrogens is 2. The van der Waals surface area contributed by atoms with Gasteiger partial charge in [0.15, 0.2) is 0 Å². The fraction of sp³-hybridized carbons (Fsp3) is 0. The molecular formula is C8H6N2O2S. The van der Waals surface area contributed by atoms with Crippen LogP contribution in [-0.4, -0.2) is 21.0 Å². The van der Waals surface area contributed by atoms with Gasteiger partial charge in [0.25, 0.3) is 0 Å². The molecule has 2 rings (SSSR count). The van der Waals surface area contributed by atoms with Crippen LogP contribution in [0.3, 0.4) is 0 Å². The largest absolute Gasteiger partial charge is 0.478 e. The number of carbonyl (C=O) groups is 1. The third-order valence-electron chi connectivity index (χ3n) is 1.80. The molecule has 1 aromatic carbocycles. The number of hydrogen-bond donors (Lipinski definition) is 3. The number of thiol groups is 1. The van der Waals surface area contributed by atoms with Crippen LogP contribution in [0.1, 0.15) is 10.4 Å². The number of carboxylic acid groups (broad SMARTS) is 1. The molecule has 0 aliphatic carbocycles. The maximum atomic E-state index is 10.7. The number of nitrogens with zero attached hydrogens (tertiary/aromatic N) is 1. The molecule has 0 amide bonds. The third-order valence-corrected chi connectivity index (χ3v) is 2.25. The first-order valence-corrected chi connectivity index (χ1v) is 4.03. The van der Waals surface area contributed by atoms with E-state index in [4.69, 9.17) is 5.11 Å². The summed E-state index contributed by atoms with van der Waals surface area (Å²) in [6.45, 7) is 0. The lowest BCUT2D eigenvalue weighted by atomic mass is 10.2. The summed E-state index contributed by atoms with van der Waals surface area (Å²) in [7, 11) is 0. The Morgan fingerprint density at radius 3 is 3.00 bits per heavy atom. The zero-order chi connectivity index (χ0) is 9.42. The van der Waals surface area contributed by atoms with Crippen molar-refractivity contribution in [3.8, 4) is 0 Å². The molecule has 0 bridgehead atoms. The van der Waals surface area contributed by atoms with Gasteiger partial charge in [-0.25, -0.2) is 9.78 Å². The number of H-pyrrole nitrogens is 1. The lowest BCUT2D eigenvalue weighted by molar-refractivity contribution is 0.0693. The number of nitrogens with one attached hydrogen (secondary N) is 1. The Kier molecular flexibility index (Phi) is 1.73. The highest BCUT2D eigenvalue weighted by atomic mass is 32.1. The summed E-state index contributed by atoms with van der Waals surface area (Å²) in [5, 5.41) is 8.78. The van der Waals surface area contributed by atoms with E-state index in [0.717, 1.165) is 5.52 Å². The highest BCUT2D eigenvalue weighted by Gasteiger charge is 2.11. The Morgan fingerprint density at radius 2 is 2.31 bits per heavy atom. The predicted molar refractivity (Wildman–Crippen MR) is 50.3 cm³/mol. The van der Waals surface area contributed by atoms with E-state index in [1.807, 2.05) is 0 Å². The van der Waals surface area contributed by atoms with Gasteiger partial charge in [0.1, 0.15) is 5.52 Å². The molecule has 0 fully saturated rings. The molecular weight excluding hydrogens is 188 g/mol. The predicted octanol–water partition coefficient (Wildman–Crippen LogP) is 1.55. The van der Waals surface area contributed by atoms with Crippen molar-refractivity contribution < 1.29 is 9.90 Å². The molecule has 13 heavy (non-hydrogen) atoms. The lowest BCUT2D eigenvalue weighted by Crippen LogP contribution is -1.97. The maximum Gasteiger partial charge on any atom is 0.336 e. The van der Waals surface area contributed by atoms with Gasteiger partial charge < -0.3 is 10.1 Å². The average molecular weight is 194 g/mol. The summed E-state index contributed by atoms with van der Waals surface area (Å²) in [5.41, 5.74) is 1.54. The second-order valence-electron chi connectivity index (χ2n) is 2.57. The first kappa shape index (κ1) is 8.12. The van der Waals surface area contributed by atoms with Crippen LogP contribution in [0.15, 0.2) is 23.4 Å². The molecule has 0 radical (unpaired) electrons. The van der Waals surface area contributed by atoms with Gasteiger partial charge in [0, 0.05) is 4.90 Å². The topological polar surface area (TPSA) is 66.0 Å². The van der Waals surface area contributed by atoms with Gasteiger partial charge in [0.05, 0.1) is 17.4 Å². The molecule has 0 saturated carbocycles. The van der Waals surface area contributed by atoms with Gasteiger partial charge in [-0.3, -0.25) is 0 Å². The molecule has 1 aromatic heterocycles. The minimum Gasteiger partial charge on any atom is -0.478 e. The van der Waals surface area contributed by atoms with Gasteiger partial charge in [-0.15, -0.1) is 12.6 Å². The molecule has 2 aromatic rings. The van der Waals surface area contributed by atoms with Crippen LogP contribution in [0, 0.1) is 0 Å². The van der Waals surface area contributed by atoms with Gasteiger partial charge in [-0.05, 0) is 12.1 Å². The fourth-order valence-corrected chi connectivity index (χ4v) is 1.51. The molecule has 0 atom stereocenters. The quantitative estimate of drug-likeness (QED) is 0.603. The van der Waals surface area contributed by atoms with Crippen LogP contribution >= 0.6 is 12.6 Å². The molecule has 4 nitrogen and oxygen atoms in total. The SMILES string of the molecule is O=C(O)c1ccc2[nH]cnc2c1S. The molecule has 66 valence electrons. The van der Waals surface area contributed by atoms with Crippen molar-refractivity contribution >= 4 is 29.6 Å². The van der Waals surface area contributed by atoms with Crippen LogP contribution in [-0.2, 0) is 0 Å². The van der Waals surface area contributed by atoms with Gasteiger partial charge in [0.2, 0.25) is 0 Å². The standard InChI is InChI=1S/C8H6N2O2S/c11-8(12)4-1-2-5-6(7(4)13)10-3-9-5/h1-3,13H,(H,9,10)(H,11,12). The van der Waals surface area contributed by atoms with Crippen molar-refractivity contribution in [2.75, 3.05) is 0 Å². The van der Waals surface area contributed by atoms with Crippen LogP contribution in [0.2, 0.25) is 0 Å². The van der Waals surface area contributed by atoms with Gasteiger partial charge in [-0.1, -0.05) is 0 Å². The van der Waals surface area contributed by atoms with Crippen molar-refractivity contribution in [3.63, 3.8) is 0 Å². The van der Waals surface area contributed by atoms with Gasteiger partial charge in [-0.2, -0.15) is 0 Å². The van der Waals surface area contributed by atoms with Crippen molar-refractivity contribution in [3.05, 3.63) is 24.0 Å². The van der Waals surface area contributed by atoms with Crippen LogP contribution in [0.25, 0.3) is 11.0 Å². The molecule has 1 heterocycles. The number of carboxylic acids is 1. The zero-order valence-corrected chi connectivity index (χ0v) is 7.38. The second-order valence-corrected chi connectivity index (χ2v) is 3.01. The molecule has 0 aliphatic rings. The van der Waals surface area contributed by atoms with Crippen LogP contribution in [0.5, 0.6) is 0 Å². The van der Waals surface area contributed by atoms with E-state index in [0.29, 0.717) is 10.4 Å². The Balaban J connectivity index is 2.80. The zero-order valence-electron chi connectivity index (χ0n) is 6.48. The monoisotopic (exact) mass is 194 g/mol. The summed E-state index contributed by atoms with van der Waals surface area (Å²) in [6.07, 6.45) is 1.51. The number of imidazole rings is 1. The molecule has 0 unspecified atom stereocenters. The minimum atomic E-state index is -0.991. The van der Waals surface area contributed by atoms with Crippen molar-refractivity contribution in [2.45, 2.75) is 4.90 Å². The Hall–Kier alpha value is -1.49. The summed E-state index contributed by atoms with van der Waals surface area (Å²) in [6, 6.07) is 3.18. The number of aromatic carboxylic acids is 1. The minimum absolute atomic E-state index is 0.169. The Morgan fingerprint density at radius 1 is 1.54 bits per heavy atom. The van der Waals surface area contributed by atoms with Gasteiger partial charge >= 0.3 is 5.97 Å². The average Bonchev–Trinajstić information content (AvgIpc) is 2.52. The smallest absolute Gasteiger partial charge is 0.336 e. The van der Waals surface area contributed by atoms with Crippen molar-refractivity contribution in [1.29, 1.82) is 0 Å². The Bertz CT molecular complexity index is 478. The van der Waals surface area contributed by atoms with E-state index >= 15 is 0 Å². The van der Waals surface area contributed by atoms with E-state index < -0.39 is 5.97 Å². The number of benzene rings is 1. The fourth-order valence-electron chi connectivity index (χ4n) is 1.17. The van der Waals surface area contributed by atoms with Crippen LogP contribution in [0.4, 0.5) is 0 Å². The first-order chi connectivity index (χ1) is 6.20. The highest BCUT2D eigenvalue weighted by Crippen LogP contribution is 2.22. The summed E-state index contributed by atoms with van der Waals surface area (Å²) < 4.78 is 0. The first-order valence-electron chi connectivity index (χ1n) is 3.58. The number of fused-ring (bicyclic) bond motifs is 1. The summed E-state index contributed by atoms with van der Waals surface area (Å²) in [4.78, 5) is 17.9. The van der Waals surface area contributed by atoms with E-state index in [-0.39, 0.29) is 5.56 Å². The molecule has 0 saturated heterocycles. The molecule has 0 spiro atoms. The highest BCUT2D eigenvalue weighted by molar-refractivity contribution is 7.80. The van der Waals surface area contributed by atoms with Crippen LogP contribution < -0.4 is 0 Å². The Labute approximate surface area is 79.0 Å². The summed E-state index contributed by atoms with van der Waals surface area (Å²) in [5.74, 6) is -0.991. The van der Waals surface area contributed by atoms with E-state index in [1.165, 1.54) is 12.4 Å². The molecule has 0 aliphatic heterocycles. The van der Waals surface area contributed by atoms with E-state index in [2.05, 4.69) is 22.6 Å². The number of rotatable bonds is 1. The number of hydrogen-bond acceptors (Lipinski definition) is 3. The summed E-state index contributed by atoms with van der Waals surface area (Å²) >= 11 is 4.11. The molecule has 5 heteroatoms. The third kappa shape index (κ3) is 1.17. The van der Waals surface area contributed by atoms with Crippen molar-refractivity contribution in [1.82, 2.24) is 9.97 Å². The normalized spacial score (nSPS) is 10.5. The molecule has 2 N–H and O–H groups in total. The van der Waals surface area contributed by atoms with E-state index in [9.17, 15) is 4.79 Å². The lowest BCUT2D eigenvalue weighted by Gasteiger charge is -1.98. The second kappa shape index (κ2) is 2.77. The maximum absolute atomic E-state index is 10.7. The number of aromatic amines is 1.